The topological polar surface area (TPSA) is 47.6 Å². The van der Waals surface area contributed by atoms with E-state index in [0.29, 0.717) is 22.3 Å². The molecular weight excluding hydrogens is 289 g/mol. The number of amides is 1. The number of ether oxygens (including phenoxy) is 2. The van der Waals surface area contributed by atoms with E-state index in [1.165, 1.54) is 0 Å². The minimum absolute atomic E-state index is 0.0251. The van der Waals surface area contributed by atoms with E-state index in [0.717, 1.165) is 19.4 Å². The number of hydrogen-bond donors (Lipinski definition) is 1. The molecular formula is C13H15Cl2NO3. The van der Waals surface area contributed by atoms with Gasteiger partial charge in [-0.05, 0) is 31.0 Å². The molecule has 1 aromatic rings. The normalized spacial score (nSPS) is 18.5. The molecule has 1 N–H and O–H groups in total. The van der Waals surface area contributed by atoms with Gasteiger partial charge in [0.25, 0.3) is 0 Å². The molecule has 1 aliphatic heterocycles. The van der Waals surface area contributed by atoms with Gasteiger partial charge in [0.05, 0.1) is 23.4 Å². The Bertz CT molecular complexity index is 448. The lowest BCUT2D eigenvalue weighted by molar-refractivity contribution is -0.121. The first-order valence-corrected chi connectivity index (χ1v) is 6.85. The molecule has 1 saturated heterocycles. The number of anilines is 1. The fourth-order valence-corrected chi connectivity index (χ4v) is 2.18. The average molecular weight is 304 g/mol. The van der Waals surface area contributed by atoms with Crippen molar-refractivity contribution in [3.05, 3.63) is 28.2 Å². The van der Waals surface area contributed by atoms with E-state index in [9.17, 15) is 4.79 Å². The molecule has 1 atom stereocenters. The molecule has 0 bridgehead atoms. The third-order valence-electron chi connectivity index (χ3n) is 2.76. The number of rotatable bonds is 5. The number of halogens is 2. The fraction of sp³-hybridized carbons (Fsp3) is 0.462. The molecule has 0 spiro atoms. The molecule has 0 radical (unpaired) electrons. The van der Waals surface area contributed by atoms with Gasteiger partial charge in [-0.25, -0.2) is 0 Å². The maximum Gasteiger partial charge on any atom is 0.250 e. The van der Waals surface area contributed by atoms with Crippen LogP contribution in [0.2, 0.25) is 10.0 Å². The van der Waals surface area contributed by atoms with E-state index in [2.05, 4.69) is 5.32 Å². The summed E-state index contributed by atoms with van der Waals surface area (Å²) in [6.07, 6.45) is 2.16. The first kappa shape index (κ1) is 14.6. The van der Waals surface area contributed by atoms with Gasteiger partial charge >= 0.3 is 0 Å². The third-order valence-corrected chi connectivity index (χ3v) is 3.33. The minimum Gasteiger partial charge on any atom is -0.376 e. The summed E-state index contributed by atoms with van der Waals surface area (Å²) in [7, 11) is 0. The van der Waals surface area contributed by atoms with Crippen LogP contribution in [-0.4, -0.2) is 31.8 Å². The molecule has 1 heterocycles. The zero-order chi connectivity index (χ0) is 13.7. The molecule has 1 amide bonds. The fourth-order valence-electron chi connectivity index (χ4n) is 1.84. The van der Waals surface area contributed by atoms with Crippen LogP contribution in [0.15, 0.2) is 18.2 Å². The molecule has 1 aliphatic rings. The highest BCUT2D eigenvalue weighted by molar-refractivity contribution is 6.35. The van der Waals surface area contributed by atoms with Crippen LogP contribution in [0.5, 0.6) is 0 Å². The van der Waals surface area contributed by atoms with Crippen molar-refractivity contribution in [2.24, 2.45) is 0 Å². The zero-order valence-corrected chi connectivity index (χ0v) is 11.8. The summed E-state index contributed by atoms with van der Waals surface area (Å²) < 4.78 is 10.7. The Morgan fingerprint density at radius 1 is 1.47 bits per heavy atom. The van der Waals surface area contributed by atoms with Crippen LogP contribution >= 0.6 is 23.2 Å². The molecule has 19 heavy (non-hydrogen) atoms. The van der Waals surface area contributed by atoms with Gasteiger partial charge in [0.1, 0.15) is 6.61 Å². The van der Waals surface area contributed by atoms with Gasteiger partial charge in [-0.2, -0.15) is 0 Å². The standard InChI is InChI=1S/C13H15Cl2NO3/c14-9-3-4-11(15)12(6-9)16-13(17)8-18-7-10-2-1-5-19-10/h3-4,6,10H,1-2,5,7-8H2,(H,16,17). The monoisotopic (exact) mass is 303 g/mol. The Morgan fingerprint density at radius 2 is 2.32 bits per heavy atom. The van der Waals surface area contributed by atoms with Gasteiger partial charge in [-0.1, -0.05) is 23.2 Å². The molecule has 0 aliphatic carbocycles. The number of benzene rings is 1. The van der Waals surface area contributed by atoms with Crippen molar-refractivity contribution < 1.29 is 14.3 Å². The predicted octanol–water partition coefficient (Wildman–Crippen LogP) is 3.13. The van der Waals surface area contributed by atoms with Gasteiger partial charge in [-0.3, -0.25) is 4.79 Å². The summed E-state index contributed by atoms with van der Waals surface area (Å²) in [6, 6.07) is 4.89. The number of nitrogens with one attached hydrogen (secondary N) is 1. The van der Waals surface area contributed by atoms with Crippen molar-refractivity contribution in [1.29, 1.82) is 0 Å². The van der Waals surface area contributed by atoms with E-state index in [1.807, 2.05) is 0 Å². The van der Waals surface area contributed by atoms with Crippen LogP contribution in [0.3, 0.4) is 0 Å². The van der Waals surface area contributed by atoms with E-state index in [1.54, 1.807) is 18.2 Å². The first-order valence-electron chi connectivity index (χ1n) is 6.09. The Kier molecular flexibility index (Phi) is 5.45. The van der Waals surface area contributed by atoms with Crippen LogP contribution in [0.4, 0.5) is 5.69 Å². The second kappa shape index (κ2) is 7.10. The van der Waals surface area contributed by atoms with Crippen LogP contribution in [0, 0.1) is 0 Å². The SMILES string of the molecule is O=C(COCC1CCCO1)Nc1cc(Cl)ccc1Cl. The number of carbonyl (C=O) groups is 1. The van der Waals surface area contributed by atoms with Crippen LogP contribution < -0.4 is 5.32 Å². The van der Waals surface area contributed by atoms with E-state index in [4.69, 9.17) is 32.7 Å². The Labute approximate surface area is 122 Å². The van der Waals surface area contributed by atoms with Crippen molar-refractivity contribution >= 4 is 34.8 Å². The molecule has 2 rings (SSSR count). The smallest absolute Gasteiger partial charge is 0.250 e. The lowest BCUT2D eigenvalue weighted by atomic mass is 10.2. The van der Waals surface area contributed by atoms with Crippen LogP contribution in [-0.2, 0) is 14.3 Å². The summed E-state index contributed by atoms with van der Waals surface area (Å²) >= 11 is 11.8. The van der Waals surface area contributed by atoms with E-state index in [-0.39, 0.29) is 18.6 Å². The van der Waals surface area contributed by atoms with Gasteiger partial charge in [0.15, 0.2) is 0 Å². The molecule has 4 nitrogen and oxygen atoms in total. The summed E-state index contributed by atoms with van der Waals surface area (Å²) in [5.41, 5.74) is 0.486. The number of hydrogen-bond acceptors (Lipinski definition) is 3. The molecule has 6 heteroatoms. The minimum atomic E-state index is -0.262. The Balaban J connectivity index is 1.75. The molecule has 0 aromatic heterocycles. The van der Waals surface area contributed by atoms with Crippen LogP contribution in [0.1, 0.15) is 12.8 Å². The quantitative estimate of drug-likeness (QED) is 0.909. The van der Waals surface area contributed by atoms with Crippen molar-refractivity contribution in [2.45, 2.75) is 18.9 Å². The summed E-state index contributed by atoms with van der Waals surface area (Å²) in [5.74, 6) is -0.262. The number of carbonyl (C=O) groups excluding carboxylic acids is 1. The third kappa shape index (κ3) is 4.66. The van der Waals surface area contributed by atoms with Crippen molar-refractivity contribution in [3.63, 3.8) is 0 Å². The predicted molar refractivity (Wildman–Crippen MR) is 74.9 cm³/mol. The zero-order valence-electron chi connectivity index (χ0n) is 10.3. The van der Waals surface area contributed by atoms with Gasteiger partial charge in [0.2, 0.25) is 5.91 Å². The van der Waals surface area contributed by atoms with Crippen LogP contribution in [0.25, 0.3) is 0 Å². The second-order valence-corrected chi connectivity index (χ2v) is 5.17. The van der Waals surface area contributed by atoms with Gasteiger partial charge in [0, 0.05) is 11.6 Å². The lowest BCUT2D eigenvalue weighted by Gasteiger charge is -2.11. The molecule has 0 saturated carbocycles. The Morgan fingerprint density at radius 3 is 3.05 bits per heavy atom. The highest BCUT2D eigenvalue weighted by Gasteiger charge is 2.16. The average Bonchev–Trinajstić information content (AvgIpc) is 2.87. The van der Waals surface area contributed by atoms with Gasteiger partial charge < -0.3 is 14.8 Å². The summed E-state index contributed by atoms with van der Waals surface area (Å²) in [6.45, 7) is 1.19. The van der Waals surface area contributed by atoms with E-state index >= 15 is 0 Å². The highest BCUT2D eigenvalue weighted by atomic mass is 35.5. The molecule has 1 unspecified atom stereocenters. The summed E-state index contributed by atoms with van der Waals surface area (Å²) in [5, 5.41) is 3.61. The molecule has 1 fully saturated rings. The van der Waals surface area contributed by atoms with E-state index < -0.39 is 0 Å². The molecule has 1 aromatic carbocycles. The highest BCUT2D eigenvalue weighted by Crippen LogP contribution is 2.25. The Hall–Kier alpha value is -0.810. The largest absolute Gasteiger partial charge is 0.376 e. The molecule has 104 valence electrons. The van der Waals surface area contributed by atoms with Crippen molar-refractivity contribution in [3.8, 4) is 0 Å². The maximum atomic E-state index is 11.7. The maximum absolute atomic E-state index is 11.7. The van der Waals surface area contributed by atoms with Crippen molar-refractivity contribution in [2.75, 3.05) is 25.1 Å². The lowest BCUT2D eigenvalue weighted by Crippen LogP contribution is -2.22. The first-order chi connectivity index (χ1) is 9.15. The second-order valence-electron chi connectivity index (χ2n) is 4.32. The summed E-state index contributed by atoms with van der Waals surface area (Å²) in [4.78, 5) is 11.7. The van der Waals surface area contributed by atoms with Crippen molar-refractivity contribution in [1.82, 2.24) is 0 Å². The van der Waals surface area contributed by atoms with Gasteiger partial charge in [-0.15, -0.1) is 0 Å².